The lowest BCUT2D eigenvalue weighted by atomic mass is 9.73. The van der Waals surface area contributed by atoms with Crippen molar-refractivity contribution in [1.29, 1.82) is 0 Å². The molecular formula is C24H28BrN3O3. The van der Waals surface area contributed by atoms with Crippen LogP contribution in [0, 0.1) is 0 Å². The molecule has 0 bridgehead atoms. The van der Waals surface area contributed by atoms with Crippen molar-refractivity contribution in [3.8, 4) is 0 Å². The zero-order valence-electron chi connectivity index (χ0n) is 17.5. The maximum atomic E-state index is 13.5. The highest BCUT2D eigenvalue weighted by Crippen LogP contribution is 2.36. The number of carbonyl (C=O) groups is 2. The SMILES string of the molecule is O=C(Nc1ccccc1)N1CCC(NC(=O)C2(c3ccc(Br)cc3)CCOCC2)CC1. The first-order valence-electron chi connectivity index (χ1n) is 10.8. The van der Waals surface area contributed by atoms with E-state index in [1.54, 1.807) is 0 Å². The molecule has 0 aromatic heterocycles. The third-order valence-electron chi connectivity index (χ3n) is 6.32. The van der Waals surface area contributed by atoms with Crippen LogP contribution < -0.4 is 10.6 Å². The number of hydrogen-bond acceptors (Lipinski definition) is 3. The maximum absolute atomic E-state index is 13.5. The van der Waals surface area contributed by atoms with E-state index in [0.29, 0.717) is 39.1 Å². The van der Waals surface area contributed by atoms with Crippen LogP contribution in [0.25, 0.3) is 0 Å². The van der Waals surface area contributed by atoms with Crippen molar-refractivity contribution in [2.24, 2.45) is 0 Å². The summed E-state index contributed by atoms with van der Waals surface area (Å²) in [6.45, 7) is 2.42. The van der Waals surface area contributed by atoms with Gasteiger partial charge in [-0.05, 0) is 55.5 Å². The molecule has 0 saturated carbocycles. The van der Waals surface area contributed by atoms with Gasteiger partial charge in [0.25, 0.3) is 0 Å². The van der Waals surface area contributed by atoms with Crippen molar-refractivity contribution in [3.05, 3.63) is 64.6 Å². The summed E-state index contributed by atoms with van der Waals surface area (Å²) in [6.07, 6.45) is 2.86. The molecule has 0 aliphatic carbocycles. The minimum absolute atomic E-state index is 0.0726. The number of amides is 3. The number of likely N-dealkylation sites (tertiary alicyclic amines) is 1. The zero-order valence-corrected chi connectivity index (χ0v) is 19.1. The molecule has 2 saturated heterocycles. The molecule has 2 aromatic rings. The second-order valence-corrected chi connectivity index (χ2v) is 9.15. The summed E-state index contributed by atoms with van der Waals surface area (Å²) in [5.74, 6) is 0.0744. The summed E-state index contributed by atoms with van der Waals surface area (Å²) in [5.41, 5.74) is 1.27. The second kappa shape index (κ2) is 9.83. The Morgan fingerprint density at radius 2 is 1.61 bits per heavy atom. The predicted octanol–water partition coefficient (Wildman–Crippen LogP) is 4.31. The van der Waals surface area contributed by atoms with Crippen molar-refractivity contribution < 1.29 is 14.3 Å². The number of carbonyl (C=O) groups excluding carboxylic acids is 2. The van der Waals surface area contributed by atoms with Gasteiger partial charge in [-0.15, -0.1) is 0 Å². The Labute approximate surface area is 191 Å². The average molecular weight is 486 g/mol. The van der Waals surface area contributed by atoms with Crippen LogP contribution in [0.4, 0.5) is 10.5 Å². The van der Waals surface area contributed by atoms with E-state index in [1.165, 1.54) is 0 Å². The molecule has 2 fully saturated rings. The number of benzene rings is 2. The molecule has 2 heterocycles. The molecule has 6 nitrogen and oxygen atoms in total. The fourth-order valence-corrected chi connectivity index (χ4v) is 4.67. The Hall–Kier alpha value is -2.38. The number of halogens is 1. The molecular weight excluding hydrogens is 458 g/mol. The van der Waals surface area contributed by atoms with Gasteiger partial charge in [0.2, 0.25) is 5.91 Å². The van der Waals surface area contributed by atoms with Gasteiger partial charge in [0.05, 0.1) is 5.41 Å². The Kier molecular flexibility index (Phi) is 6.92. The van der Waals surface area contributed by atoms with Crippen LogP contribution in [0.15, 0.2) is 59.1 Å². The third kappa shape index (κ3) is 5.10. The van der Waals surface area contributed by atoms with Crippen LogP contribution in [-0.2, 0) is 14.9 Å². The number of hydrogen-bond donors (Lipinski definition) is 2. The number of nitrogens with zero attached hydrogens (tertiary/aromatic N) is 1. The first-order valence-corrected chi connectivity index (χ1v) is 11.6. The molecule has 2 aliphatic rings. The van der Waals surface area contributed by atoms with E-state index in [1.807, 2.05) is 59.5 Å². The summed E-state index contributed by atoms with van der Waals surface area (Å²) >= 11 is 3.48. The highest BCUT2D eigenvalue weighted by atomic mass is 79.9. The lowest BCUT2D eigenvalue weighted by Crippen LogP contribution is -2.54. The number of rotatable bonds is 4. The van der Waals surface area contributed by atoms with E-state index in [-0.39, 0.29) is 18.0 Å². The van der Waals surface area contributed by atoms with Crippen molar-refractivity contribution in [2.45, 2.75) is 37.1 Å². The molecule has 2 N–H and O–H groups in total. The molecule has 164 valence electrons. The van der Waals surface area contributed by atoms with Gasteiger partial charge in [-0.25, -0.2) is 4.79 Å². The molecule has 0 spiro atoms. The predicted molar refractivity (Wildman–Crippen MR) is 124 cm³/mol. The largest absolute Gasteiger partial charge is 0.381 e. The van der Waals surface area contributed by atoms with Crippen molar-refractivity contribution >= 4 is 33.6 Å². The number of anilines is 1. The first-order chi connectivity index (χ1) is 15.1. The molecule has 7 heteroatoms. The Morgan fingerprint density at radius 3 is 2.26 bits per heavy atom. The monoisotopic (exact) mass is 485 g/mol. The van der Waals surface area contributed by atoms with Gasteiger partial charge in [-0.2, -0.15) is 0 Å². The minimum atomic E-state index is -0.555. The molecule has 4 rings (SSSR count). The quantitative estimate of drug-likeness (QED) is 0.677. The fraction of sp³-hybridized carbons (Fsp3) is 0.417. The molecule has 2 aliphatic heterocycles. The van der Waals surface area contributed by atoms with Gasteiger partial charge in [0.1, 0.15) is 0 Å². The molecule has 2 aromatic carbocycles. The Balaban J connectivity index is 1.36. The van der Waals surface area contributed by atoms with E-state index in [9.17, 15) is 9.59 Å². The van der Waals surface area contributed by atoms with Crippen molar-refractivity contribution in [2.75, 3.05) is 31.6 Å². The van der Waals surface area contributed by atoms with Gasteiger partial charge in [0, 0.05) is 42.5 Å². The fourth-order valence-electron chi connectivity index (χ4n) is 4.41. The van der Waals surface area contributed by atoms with Gasteiger partial charge in [0.15, 0.2) is 0 Å². The number of ether oxygens (including phenoxy) is 1. The Bertz CT molecular complexity index is 890. The molecule has 3 amide bonds. The third-order valence-corrected chi connectivity index (χ3v) is 6.85. The highest BCUT2D eigenvalue weighted by Gasteiger charge is 2.42. The lowest BCUT2D eigenvalue weighted by Gasteiger charge is -2.39. The second-order valence-electron chi connectivity index (χ2n) is 8.23. The van der Waals surface area contributed by atoms with Gasteiger partial charge < -0.3 is 20.3 Å². The van der Waals surface area contributed by atoms with Crippen LogP contribution in [0.3, 0.4) is 0 Å². The van der Waals surface area contributed by atoms with E-state index < -0.39 is 5.41 Å². The van der Waals surface area contributed by atoms with Crippen molar-refractivity contribution in [3.63, 3.8) is 0 Å². The van der Waals surface area contributed by atoms with Crippen LogP contribution in [0.2, 0.25) is 0 Å². The Morgan fingerprint density at radius 1 is 0.968 bits per heavy atom. The van der Waals surface area contributed by atoms with Crippen LogP contribution in [-0.4, -0.2) is 49.2 Å². The van der Waals surface area contributed by atoms with Crippen LogP contribution in [0.1, 0.15) is 31.2 Å². The topological polar surface area (TPSA) is 70.7 Å². The summed E-state index contributed by atoms with van der Waals surface area (Å²) in [6, 6.07) is 17.5. The van der Waals surface area contributed by atoms with Gasteiger partial charge in [-0.1, -0.05) is 46.3 Å². The summed E-state index contributed by atoms with van der Waals surface area (Å²) in [7, 11) is 0. The van der Waals surface area contributed by atoms with Crippen molar-refractivity contribution in [1.82, 2.24) is 10.2 Å². The summed E-state index contributed by atoms with van der Waals surface area (Å²) in [4.78, 5) is 27.8. The molecule has 0 radical (unpaired) electrons. The zero-order chi connectivity index (χ0) is 21.7. The summed E-state index contributed by atoms with van der Waals surface area (Å²) in [5, 5.41) is 6.22. The number of urea groups is 1. The van der Waals surface area contributed by atoms with E-state index in [4.69, 9.17) is 4.74 Å². The van der Waals surface area contributed by atoms with Crippen LogP contribution in [0.5, 0.6) is 0 Å². The molecule has 31 heavy (non-hydrogen) atoms. The molecule has 0 atom stereocenters. The summed E-state index contributed by atoms with van der Waals surface area (Å²) < 4.78 is 6.56. The number of nitrogens with one attached hydrogen (secondary N) is 2. The maximum Gasteiger partial charge on any atom is 0.321 e. The smallest absolute Gasteiger partial charge is 0.321 e. The number of piperidine rings is 1. The molecule has 0 unspecified atom stereocenters. The van der Waals surface area contributed by atoms with Gasteiger partial charge in [-0.3, -0.25) is 4.79 Å². The van der Waals surface area contributed by atoms with Crippen LogP contribution >= 0.6 is 15.9 Å². The van der Waals surface area contributed by atoms with E-state index in [0.717, 1.165) is 28.6 Å². The van der Waals surface area contributed by atoms with Gasteiger partial charge >= 0.3 is 6.03 Å². The normalized spacial score (nSPS) is 18.9. The lowest BCUT2D eigenvalue weighted by molar-refractivity contribution is -0.131. The van der Waals surface area contributed by atoms with E-state index in [2.05, 4.69) is 26.6 Å². The number of para-hydroxylation sites is 1. The van der Waals surface area contributed by atoms with E-state index >= 15 is 0 Å². The standard InChI is InChI=1S/C24H28BrN3O3/c25-19-8-6-18(7-9-19)24(12-16-31-17-13-24)22(29)26-21-10-14-28(15-11-21)23(30)27-20-4-2-1-3-5-20/h1-9,21H,10-17H2,(H,26,29)(H,27,30). The highest BCUT2D eigenvalue weighted by molar-refractivity contribution is 9.10. The average Bonchev–Trinajstić information content (AvgIpc) is 2.81. The minimum Gasteiger partial charge on any atom is -0.381 e. The first kappa shape index (κ1) is 21.8.